The third-order valence-electron chi connectivity index (χ3n) is 2.48. The summed E-state index contributed by atoms with van der Waals surface area (Å²) >= 11 is 0. The molecule has 0 saturated heterocycles. The largest absolute Gasteiger partial charge is 1.00 e. The summed E-state index contributed by atoms with van der Waals surface area (Å²) in [7, 11) is -1.69. The monoisotopic (exact) mass is 260 g/mol. The van der Waals surface area contributed by atoms with Gasteiger partial charge in [0.2, 0.25) is 0 Å². The SMILES string of the molecule is C=CC[P+](CO)(CO)Cc1ccccc1.[Cl-]. The predicted octanol–water partition coefficient (Wildman–Crippen LogP) is -0.706. The lowest BCUT2D eigenvalue weighted by atomic mass is 10.2. The minimum absolute atomic E-state index is 0. The summed E-state index contributed by atoms with van der Waals surface area (Å²) in [6.07, 6.45) is 3.49. The first-order chi connectivity index (χ1) is 7.26. The van der Waals surface area contributed by atoms with Crippen LogP contribution in [0.1, 0.15) is 5.56 Å². The van der Waals surface area contributed by atoms with Crippen LogP contribution in [0.3, 0.4) is 0 Å². The molecule has 2 N–H and O–H groups in total. The van der Waals surface area contributed by atoms with E-state index >= 15 is 0 Å². The van der Waals surface area contributed by atoms with Gasteiger partial charge in [-0.25, -0.2) is 0 Å². The summed E-state index contributed by atoms with van der Waals surface area (Å²) in [6.45, 7) is 3.69. The van der Waals surface area contributed by atoms with E-state index in [-0.39, 0.29) is 25.1 Å². The molecule has 0 aliphatic rings. The first-order valence-corrected chi connectivity index (χ1v) is 7.51. The van der Waals surface area contributed by atoms with Crippen molar-refractivity contribution in [3.8, 4) is 0 Å². The Balaban J connectivity index is 0.00000225. The van der Waals surface area contributed by atoms with Crippen molar-refractivity contribution in [2.45, 2.75) is 6.16 Å². The van der Waals surface area contributed by atoms with Gasteiger partial charge in [0, 0.05) is 0 Å². The van der Waals surface area contributed by atoms with Gasteiger partial charge in [-0.05, 0) is 5.56 Å². The molecule has 0 aromatic heterocycles. The van der Waals surface area contributed by atoms with Gasteiger partial charge < -0.3 is 22.6 Å². The second kappa shape index (κ2) is 7.81. The van der Waals surface area contributed by atoms with E-state index in [4.69, 9.17) is 0 Å². The lowest BCUT2D eigenvalue weighted by Gasteiger charge is -2.21. The summed E-state index contributed by atoms with van der Waals surface area (Å²) in [5, 5.41) is 18.8. The molecule has 1 aromatic carbocycles. The van der Waals surface area contributed by atoms with Crippen molar-refractivity contribution in [2.24, 2.45) is 0 Å². The number of aliphatic hydroxyl groups is 2. The van der Waals surface area contributed by atoms with E-state index < -0.39 is 7.26 Å². The molecule has 90 valence electrons. The first kappa shape index (κ1) is 15.6. The normalized spacial score (nSPS) is 10.6. The van der Waals surface area contributed by atoms with Gasteiger partial charge in [-0.2, -0.15) is 0 Å². The molecule has 0 bridgehead atoms. The van der Waals surface area contributed by atoms with Crippen LogP contribution >= 0.6 is 7.26 Å². The maximum absolute atomic E-state index is 9.41. The van der Waals surface area contributed by atoms with Gasteiger partial charge >= 0.3 is 0 Å². The highest BCUT2D eigenvalue weighted by Crippen LogP contribution is 2.59. The van der Waals surface area contributed by atoms with Crippen molar-refractivity contribution in [1.82, 2.24) is 0 Å². The zero-order valence-corrected chi connectivity index (χ0v) is 10.9. The molecule has 0 fully saturated rings. The smallest absolute Gasteiger partial charge is 0.157 e. The Kier molecular flexibility index (Phi) is 7.61. The van der Waals surface area contributed by atoms with Crippen LogP contribution in [0.25, 0.3) is 0 Å². The fourth-order valence-electron chi connectivity index (χ4n) is 1.57. The average molecular weight is 261 g/mol. The number of halogens is 1. The molecule has 0 heterocycles. The van der Waals surface area contributed by atoms with Crippen LogP contribution in [0.2, 0.25) is 0 Å². The van der Waals surface area contributed by atoms with E-state index in [1.54, 1.807) is 6.08 Å². The van der Waals surface area contributed by atoms with Crippen molar-refractivity contribution >= 4 is 7.26 Å². The summed E-state index contributed by atoms with van der Waals surface area (Å²) < 4.78 is 0. The Morgan fingerprint density at radius 1 is 1.12 bits per heavy atom. The van der Waals surface area contributed by atoms with Crippen molar-refractivity contribution in [3.05, 3.63) is 48.6 Å². The second-order valence-corrected chi connectivity index (χ2v) is 7.67. The maximum atomic E-state index is 9.41. The Labute approximate surface area is 104 Å². The quantitative estimate of drug-likeness (QED) is 0.524. The highest BCUT2D eigenvalue weighted by Gasteiger charge is 2.34. The Morgan fingerprint density at radius 2 is 1.69 bits per heavy atom. The predicted molar refractivity (Wildman–Crippen MR) is 66.3 cm³/mol. The average Bonchev–Trinajstić information content (AvgIpc) is 2.30. The van der Waals surface area contributed by atoms with Crippen LogP contribution in [0.15, 0.2) is 43.0 Å². The van der Waals surface area contributed by atoms with Gasteiger partial charge in [0.1, 0.15) is 0 Å². The summed E-state index contributed by atoms with van der Waals surface area (Å²) in [5.74, 6) is 0. The Hall–Kier alpha value is -0.400. The molecule has 4 heteroatoms. The molecular weight excluding hydrogens is 243 g/mol. The standard InChI is InChI=1S/C12H18O2P.ClH/c1-2-8-15(10-13,11-14)9-12-6-4-3-5-7-12;/h2-7,13-14H,1,8-11H2;1H/q+1;/p-1. The van der Waals surface area contributed by atoms with Crippen LogP contribution in [-0.2, 0) is 6.16 Å². The molecule has 0 unspecified atom stereocenters. The van der Waals surface area contributed by atoms with Crippen LogP contribution in [0, 0.1) is 0 Å². The minimum Gasteiger partial charge on any atom is -1.00 e. The zero-order chi connectivity index (χ0) is 11.1. The van der Waals surface area contributed by atoms with Gasteiger partial charge in [0.25, 0.3) is 0 Å². The van der Waals surface area contributed by atoms with E-state index in [2.05, 4.69) is 6.58 Å². The highest BCUT2D eigenvalue weighted by atomic mass is 35.5. The minimum atomic E-state index is -1.69. The summed E-state index contributed by atoms with van der Waals surface area (Å²) in [4.78, 5) is 0. The lowest BCUT2D eigenvalue weighted by molar-refractivity contribution is -0.00000475. The maximum Gasteiger partial charge on any atom is 0.157 e. The zero-order valence-electron chi connectivity index (χ0n) is 9.22. The van der Waals surface area contributed by atoms with E-state index in [0.29, 0.717) is 0 Å². The van der Waals surface area contributed by atoms with Gasteiger partial charge in [0.15, 0.2) is 12.7 Å². The number of rotatable bonds is 6. The van der Waals surface area contributed by atoms with Crippen LogP contribution in [0.5, 0.6) is 0 Å². The van der Waals surface area contributed by atoms with E-state index in [1.807, 2.05) is 30.3 Å². The van der Waals surface area contributed by atoms with Gasteiger partial charge in [0.05, 0.1) is 19.6 Å². The molecule has 0 amide bonds. The number of benzene rings is 1. The summed E-state index contributed by atoms with van der Waals surface area (Å²) in [5.41, 5.74) is 1.18. The Bertz CT molecular complexity index is 299. The Morgan fingerprint density at radius 3 is 2.12 bits per heavy atom. The number of aliphatic hydroxyl groups excluding tert-OH is 2. The van der Waals surface area contributed by atoms with Crippen molar-refractivity contribution in [3.63, 3.8) is 0 Å². The molecule has 2 nitrogen and oxygen atoms in total. The molecule has 0 radical (unpaired) electrons. The van der Waals surface area contributed by atoms with Crippen LogP contribution in [-0.4, -0.2) is 29.1 Å². The number of hydrogen-bond donors (Lipinski definition) is 2. The van der Waals surface area contributed by atoms with E-state index in [9.17, 15) is 10.2 Å². The number of allylic oxidation sites excluding steroid dienone is 1. The third kappa shape index (κ3) is 4.23. The summed E-state index contributed by atoms with van der Waals surface area (Å²) in [6, 6.07) is 9.99. The first-order valence-electron chi connectivity index (χ1n) is 4.98. The van der Waals surface area contributed by atoms with Gasteiger partial charge in [-0.3, -0.25) is 0 Å². The van der Waals surface area contributed by atoms with Crippen molar-refractivity contribution < 1.29 is 22.6 Å². The molecular formula is C12H18ClO2P. The second-order valence-electron chi connectivity index (χ2n) is 3.74. The lowest BCUT2D eigenvalue weighted by Crippen LogP contribution is -3.00. The molecule has 1 aromatic rings. The molecule has 1 rings (SSSR count). The fourth-order valence-corrected chi connectivity index (χ4v) is 3.75. The van der Waals surface area contributed by atoms with Gasteiger partial charge in [-0.15, -0.1) is 0 Å². The van der Waals surface area contributed by atoms with Crippen LogP contribution < -0.4 is 12.4 Å². The number of hydrogen-bond acceptors (Lipinski definition) is 2. The molecule has 16 heavy (non-hydrogen) atoms. The fraction of sp³-hybridized carbons (Fsp3) is 0.333. The third-order valence-corrected chi connectivity index (χ3v) is 5.75. The molecule has 0 saturated carbocycles. The van der Waals surface area contributed by atoms with Crippen LogP contribution in [0.4, 0.5) is 0 Å². The molecule has 0 aliphatic heterocycles. The highest BCUT2D eigenvalue weighted by molar-refractivity contribution is 7.74. The van der Waals surface area contributed by atoms with Crippen molar-refractivity contribution in [2.75, 3.05) is 18.9 Å². The molecule has 0 atom stereocenters. The molecule has 0 spiro atoms. The van der Waals surface area contributed by atoms with Crippen molar-refractivity contribution in [1.29, 1.82) is 0 Å². The van der Waals surface area contributed by atoms with Gasteiger partial charge in [-0.1, -0.05) is 43.0 Å². The molecule has 0 aliphatic carbocycles. The topological polar surface area (TPSA) is 40.5 Å². The van der Waals surface area contributed by atoms with E-state index in [0.717, 1.165) is 12.3 Å². The van der Waals surface area contributed by atoms with E-state index in [1.165, 1.54) is 5.56 Å².